The van der Waals surface area contributed by atoms with Crippen LogP contribution in [0.3, 0.4) is 0 Å². The van der Waals surface area contributed by atoms with Crippen LogP contribution in [0.2, 0.25) is 0 Å². The summed E-state index contributed by atoms with van der Waals surface area (Å²) in [7, 11) is 0. The summed E-state index contributed by atoms with van der Waals surface area (Å²) in [5.74, 6) is -1.21. The minimum Gasteiger partial charge on any atom is -0.481 e. The van der Waals surface area contributed by atoms with Crippen LogP contribution in [0.15, 0.2) is 30.3 Å². The molecule has 1 aromatic heterocycles. The number of benzene rings is 1. The fourth-order valence-corrected chi connectivity index (χ4v) is 3.53. The second-order valence-electron chi connectivity index (χ2n) is 7.07. The zero-order chi connectivity index (χ0) is 18.8. The molecule has 1 aliphatic rings. The van der Waals surface area contributed by atoms with Gasteiger partial charge in [0.1, 0.15) is 0 Å². The molecule has 2 atom stereocenters. The molecule has 2 aromatic rings. The summed E-state index contributed by atoms with van der Waals surface area (Å²) in [5.41, 5.74) is 3.31. The van der Waals surface area contributed by atoms with Gasteiger partial charge in [0.05, 0.1) is 23.0 Å². The molecule has 7 nitrogen and oxygen atoms in total. The number of amides is 2. The lowest BCUT2D eigenvalue weighted by atomic mass is 9.91. The van der Waals surface area contributed by atoms with Crippen molar-refractivity contribution in [1.82, 2.24) is 14.7 Å². The van der Waals surface area contributed by atoms with Crippen molar-refractivity contribution in [2.75, 3.05) is 18.4 Å². The van der Waals surface area contributed by atoms with E-state index in [4.69, 9.17) is 0 Å². The van der Waals surface area contributed by atoms with Gasteiger partial charge in [-0.1, -0.05) is 19.1 Å². The van der Waals surface area contributed by atoms with E-state index in [1.807, 2.05) is 51.1 Å². The molecule has 2 unspecified atom stereocenters. The largest absolute Gasteiger partial charge is 0.481 e. The molecule has 1 saturated heterocycles. The maximum absolute atomic E-state index is 12.7. The predicted octanol–water partition coefficient (Wildman–Crippen LogP) is 3.06. The molecule has 0 saturated carbocycles. The first-order valence-electron chi connectivity index (χ1n) is 8.76. The van der Waals surface area contributed by atoms with Crippen molar-refractivity contribution in [2.24, 2.45) is 11.8 Å². The van der Waals surface area contributed by atoms with Gasteiger partial charge in [-0.3, -0.25) is 4.79 Å². The molecule has 1 aromatic carbocycles. The van der Waals surface area contributed by atoms with Crippen LogP contribution in [0.4, 0.5) is 10.5 Å². The third-order valence-corrected chi connectivity index (χ3v) is 4.68. The number of nitrogens with zero attached hydrogens (tertiary/aromatic N) is 3. The van der Waals surface area contributed by atoms with Gasteiger partial charge in [0.2, 0.25) is 0 Å². The number of carboxylic acids is 1. The first kappa shape index (κ1) is 18.0. The summed E-state index contributed by atoms with van der Waals surface area (Å²) in [6, 6.07) is 9.16. The predicted molar refractivity (Wildman–Crippen MR) is 98.5 cm³/mol. The number of anilines is 1. The lowest BCUT2D eigenvalue weighted by Crippen LogP contribution is -2.47. The van der Waals surface area contributed by atoms with Crippen LogP contribution in [0.1, 0.15) is 24.7 Å². The van der Waals surface area contributed by atoms with E-state index < -0.39 is 11.9 Å². The van der Waals surface area contributed by atoms with Crippen LogP contribution in [-0.4, -0.2) is 44.9 Å². The average Bonchev–Trinajstić information content (AvgIpc) is 2.93. The van der Waals surface area contributed by atoms with Crippen LogP contribution in [0.5, 0.6) is 0 Å². The van der Waals surface area contributed by atoms with E-state index in [2.05, 4.69) is 10.4 Å². The van der Waals surface area contributed by atoms with Crippen molar-refractivity contribution in [3.63, 3.8) is 0 Å². The molecule has 2 N–H and O–H groups in total. The normalized spacial score (nSPS) is 20.0. The lowest BCUT2D eigenvalue weighted by molar-refractivity contribution is -0.143. The Morgan fingerprint density at radius 2 is 1.96 bits per heavy atom. The van der Waals surface area contributed by atoms with Crippen LogP contribution in [0, 0.1) is 25.7 Å². The summed E-state index contributed by atoms with van der Waals surface area (Å²) in [6.45, 7) is 6.64. The van der Waals surface area contributed by atoms with Crippen molar-refractivity contribution in [3.8, 4) is 5.69 Å². The van der Waals surface area contributed by atoms with Gasteiger partial charge in [-0.15, -0.1) is 0 Å². The Labute approximate surface area is 152 Å². The number of hydrogen-bond acceptors (Lipinski definition) is 3. The number of aliphatic carboxylic acids is 1. The third-order valence-electron chi connectivity index (χ3n) is 4.68. The Morgan fingerprint density at radius 1 is 1.23 bits per heavy atom. The highest BCUT2D eigenvalue weighted by molar-refractivity contribution is 5.92. The highest BCUT2D eigenvalue weighted by Crippen LogP contribution is 2.25. The number of aromatic nitrogens is 2. The molecule has 3 rings (SSSR count). The number of rotatable bonds is 3. The molecule has 2 amide bonds. The second kappa shape index (κ2) is 7.19. The Bertz CT molecular complexity index is 830. The minimum absolute atomic E-state index is 0.154. The van der Waals surface area contributed by atoms with Gasteiger partial charge in [-0.05, 0) is 44.4 Å². The Kier molecular flexibility index (Phi) is 4.97. The Morgan fingerprint density at radius 3 is 2.62 bits per heavy atom. The van der Waals surface area contributed by atoms with Gasteiger partial charge >= 0.3 is 12.0 Å². The maximum atomic E-state index is 12.7. The topological polar surface area (TPSA) is 87.5 Å². The van der Waals surface area contributed by atoms with Crippen molar-refractivity contribution >= 4 is 17.7 Å². The zero-order valence-corrected chi connectivity index (χ0v) is 15.3. The molecule has 1 fully saturated rings. The van der Waals surface area contributed by atoms with Crippen LogP contribution in [-0.2, 0) is 4.79 Å². The van der Waals surface area contributed by atoms with Gasteiger partial charge in [-0.25, -0.2) is 9.48 Å². The van der Waals surface area contributed by atoms with E-state index >= 15 is 0 Å². The molecule has 0 aliphatic carbocycles. The number of carbonyl (C=O) groups is 2. The number of carbonyl (C=O) groups excluding carboxylic acids is 1. The summed E-state index contributed by atoms with van der Waals surface area (Å²) < 4.78 is 1.80. The first-order valence-corrected chi connectivity index (χ1v) is 8.76. The summed E-state index contributed by atoms with van der Waals surface area (Å²) in [6.07, 6.45) is 0.599. The second-order valence-corrected chi connectivity index (χ2v) is 7.07. The van der Waals surface area contributed by atoms with E-state index in [0.29, 0.717) is 18.7 Å². The SMILES string of the molecule is Cc1cc(C)n(-c2ccccc2NC(=O)N2CC(C)CC(C(=O)O)C2)n1. The summed E-state index contributed by atoms with van der Waals surface area (Å²) >= 11 is 0. The fraction of sp³-hybridized carbons (Fsp3) is 0.421. The van der Waals surface area contributed by atoms with Gasteiger partial charge in [0.25, 0.3) is 0 Å². The number of urea groups is 1. The van der Waals surface area contributed by atoms with E-state index in [9.17, 15) is 14.7 Å². The quantitative estimate of drug-likeness (QED) is 0.885. The molecule has 7 heteroatoms. The third kappa shape index (κ3) is 3.71. The van der Waals surface area contributed by atoms with Gasteiger partial charge in [0, 0.05) is 18.8 Å². The molecule has 0 bridgehead atoms. The van der Waals surface area contributed by atoms with E-state index in [1.165, 1.54) is 0 Å². The van der Waals surface area contributed by atoms with Gasteiger partial charge < -0.3 is 15.3 Å². The summed E-state index contributed by atoms with van der Waals surface area (Å²) in [5, 5.41) is 16.7. The van der Waals surface area contributed by atoms with E-state index in [1.54, 1.807) is 9.58 Å². The molecule has 2 heterocycles. The molecule has 26 heavy (non-hydrogen) atoms. The summed E-state index contributed by atoms with van der Waals surface area (Å²) in [4.78, 5) is 25.7. The van der Waals surface area contributed by atoms with Crippen LogP contribution in [0.25, 0.3) is 5.69 Å². The standard InChI is InChI=1S/C19H24N4O3/c1-12-8-15(18(24)25)11-22(10-12)19(26)20-16-6-4-5-7-17(16)23-14(3)9-13(2)21-23/h4-7,9,12,15H,8,10-11H2,1-3H3,(H,20,26)(H,24,25). The van der Waals surface area contributed by atoms with Crippen molar-refractivity contribution < 1.29 is 14.7 Å². The highest BCUT2D eigenvalue weighted by atomic mass is 16.4. The van der Waals surface area contributed by atoms with Crippen molar-refractivity contribution in [3.05, 3.63) is 41.7 Å². The van der Waals surface area contributed by atoms with Crippen molar-refractivity contribution in [2.45, 2.75) is 27.2 Å². The molecule has 0 spiro atoms. The molecule has 138 valence electrons. The minimum atomic E-state index is -0.850. The number of aryl methyl sites for hydroxylation is 2. The molecule has 0 radical (unpaired) electrons. The zero-order valence-electron chi connectivity index (χ0n) is 15.3. The van der Waals surface area contributed by atoms with Crippen molar-refractivity contribution in [1.29, 1.82) is 0 Å². The van der Waals surface area contributed by atoms with Gasteiger partial charge in [0.15, 0.2) is 0 Å². The number of para-hydroxylation sites is 2. The monoisotopic (exact) mass is 356 g/mol. The lowest BCUT2D eigenvalue weighted by Gasteiger charge is -2.34. The fourth-order valence-electron chi connectivity index (χ4n) is 3.53. The van der Waals surface area contributed by atoms with Gasteiger partial charge in [-0.2, -0.15) is 5.10 Å². The molecular formula is C19H24N4O3. The average molecular weight is 356 g/mol. The first-order chi connectivity index (χ1) is 12.3. The number of carboxylic acid groups (broad SMARTS) is 1. The van der Waals surface area contributed by atoms with Crippen LogP contribution >= 0.6 is 0 Å². The van der Waals surface area contributed by atoms with Crippen LogP contribution < -0.4 is 5.32 Å². The smallest absolute Gasteiger partial charge is 0.321 e. The number of nitrogens with one attached hydrogen (secondary N) is 1. The molecular weight excluding hydrogens is 332 g/mol. The highest BCUT2D eigenvalue weighted by Gasteiger charge is 2.32. The molecule has 1 aliphatic heterocycles. The Balaban J connectivity index is 1.82. The van der Waals surface area contributed by atoms with E-state index in [-0.39, 0.29) is 18.5 Å². The number of likely N-dealkylation sites (tertiary alicyclic amines) is 1. The maximum Gasteiger partial charge on any atom is 0.321 e. The van der Waals surface area contributed by atoms with E-state index in [0.717, 1.165) is 17.1 Å². The Hall–Kier alpha value is -2.83. The number of hydrogen-bond donors (Lipinski definition) is 2. The number of piperidine rings is 1.